The third-order valence-corrected chi connectivity index (χ3v) is 5.57. The molecule has 0 saturated heterocycles. The molecule has 1 aromatic carbocycles. The molecule has 1 N–H and O–H groups in total. The summed E-state index contributed by atoms with van der Waals surface area (Å²) in [7, 11) is 1.31. The lowest BCUT2D eigenvalue weighted by atomic mass is 9.89. The van der Waals surface area contributed by atoms with Crippen molar-refractivity contribution < 1.29 is 14.3 Å². The molecule has 1 amide bonds. The molecule has 0 radical (unpaired) electrons. The lowest BCUT2D eigenvalue weighted by Gasteiger charge is -2.23. The molecule has 7 heteroatoms. The number of carbonyl (C=O) groups is 2. The number of nitrogens with one attached hydrogen (secondary N) is 1. The maximum absolute atomic E-state index is 12.7. The Hall–Kier alpha value is -3.74. The van der Waals surface area contributed by atoms with Gasteiger partial charge in [-0.3, -0.25) is 14.5 Å². The van der Waals surface area contributed by atoms with Gasteiger partial charge in [-0.1, -0.05) is 36.4 Å². The van der Waals surface area contributed by atoms with Gasteiger partial charge in [0, 0.05) is 17.3 Å². The molecule has 1 unspecified atom stereocenters. The van der Waals surface area contributed by atoms with Crippen LogP contribution < -0.4 is 5.32 Å². The Bertz CT molecular complexity index is 1180. The van der Waals surface area contributed by atoms with E-state index < -0.39 is 12.0 Å². The molecule has 0 spiro atoms. The Kier molecular flexibility index (Phi) is 4.43. The fourth-order valence-corrected chi connectivity index (χ4v) is 4.08. The Labute approximate surface area is 173 Å². The minimum atomic E-state index is -0.724. The van der Waals surface area contributed by atoms with E-state index >= 15 is 0 Å². The highest BCUT2D eigenvalue weighted by atomic mass is 16.5. The number of amides is 1. The number of hydrogen-bond donors (Lipinski definition) is 1. The van der Waals surface area contributed by atoms with Gasteiger partial charge in [0.25, 0.3) is 5.91 Å². The summed E-state index contributed by atoms with van der Waals surface area (Å²) >= 11 is 0. The average molecular weight is 400 g/mol. The highest BCUT2D eigenvalue weighted by Crippen LogP contribution is 2.35. The maximum atomic E-state index is 12.7. The molecule has 150 valence electrons. The van der Waals surface area contributed by atoms with Gasteiger partial charge in [0.15, 0.2) is 0 Å². The normalized spacial score (nSPS) is 17.1. The molecule has 1 atom stereocenters. The van der Waals surface area contributed by atoms with E-state index in [2.05, 4.69) is 10.3 Å². The first-order chi connectivity index (χ1) is 14.6. The first kappa shape index (κ1) is 18.3. The number of aromatic nitrogens is 3. The summed E-state index contributed by atoms with van der Waals surface area (Å²) in [4.78, 5) is 29.1. The van der Waals surface area contributed by atoms with E-state index in [4.69, 9.17) is 9.84 Å². The zero-order valence-electron chi connectivity index (χ0n) is 16.5. The number of nitrogens with zero attached hydrogens (tertiary/aromatic N) is 3. The van der Waals surface area contributed by atoms with E-state index in [0.717, 1.165) is 46.5 Å². The highest BCUT2D eigenvalue weighted by molar-refractivity contribution is 5.99. The summed E-state index contributed by atoms with van der Waals surface area (Å²) in [6.07, 6.45) is 7.39. The van der Waals surface area contributed by atoms with Crippen LogP contribution in [0.5, 0.6) is 0 Å². The fourth-order valence-electron chi connectivity index (χ4n) is 4.08. The molecule has 2 aliphatic rings. The quantitative estimate of drug-likeness (QED) is 0.683. The van der Waals surface area contributed by atoms with Crippen LogP contribution in [-0.2, 0) is 28.9 Å². The SMILES string of the molecule is COC(=O)C1Cn2nc3c(c2C(=O)N1)CCc1cnc(/C=C/c2ccccc2)cc1-3. The molecule has 0 fully saturated rings. The maximum Gasteiger partial charge on any atom is 0.330 e. The molecule has 0 saturated carbocycles. The van der Waals surface area contributed by atoms with Crippen LogP contribution in [0.2, 0.25) is 0 Å². The Morgan fingerprint density at radius 3 is 2.87 bits per heavy atom. The van der Waals surface area contributed by atoms with Crippen molar-refractivity contribution in [1.29, 1.82) is 0 Å². The predicted octanol–water partition coefficient (Wildman–Crippen LogP) is 2.50. The number of pyridine rings is 1. The number of aryl methyl sites for hydroxylation is 1. The first-order valence-electron chi connectivity index (χ1n) is 9.85. The van der Waals surface area contributed by atoms with Crippen LogP contribution in [0.3, 0.4) is 0 Å². The van der Waals surface area contributed by atoms with Gasteiger partial charge in [-0.25, -0.2) is 4.79 Å². The van der Waals surface area contributed by atoms with Crippen molar-refractivity contribution in [3.63, 3.8) is 0 Å². The van der Waals surface area contributed by atoms with E-state index in [-0.39, 0.29) is 12.5 Å². The minimum absolute atomic E-state index is 0.266. The van der Waals surface area contributed by atoms with Gasteiger partial charge in [-0.05, 0) is 36.1 Å². The summed E-state index contributed by atoms with van der Waals surface area (Å²) in [5, 5.41) is 7.44. The van der Waals surface area contributed by atoms with Crippen LogP contribution >= 0.6 is 0 Å². The van der Waals surface area contributed by atoms with Gasteiger partial charge >= 0.3 is 5.97 Å². The van der Waals surface area contributed by atoms with E-state index in [1.165, 1.54) is 7.11 Å². The topological polar surface area (TPSA) is 86.1 Å². The highest BCUT2D eigenvalue weighted by Gasteiger charge is 2.36. The fraction of sp³-hybridized carbons (Fsp3) is 0.217. The van der Waals surface area contributed by atoms with Gasteiger partial charge in [0.05, 0.1) is 25.0 Å². The second kappa shape index (κ2) is 7.26. The molecule has 5 rings (SSSR count). The molecular weight excluding hydrogens is 380 g/mol. The third-order valence-electron chi connectivity index (χ3n) is 5.57. The number of ether oxygens (including phenoxy) is 1. The molecule has 30 heavy (non-hydrogen) atoms. The second-order valence-corrected chi connectivity index (χ2v) is 7.42. The summed E-state index contributed by atoms with van der Waals surface area (Å²) in [5.74, 6) is -0.757. The van der Waals surface area contributed by atoms with Crippen LogP contribution in [-0.4, -0.2) is 39.8 Å². The van der Waals surface area contributed by atoms with E-state index in [9.17, 15) is 9.59 Å². The van der Waals surface area contributed by atoms with Crippen molar-refractivity contribution in [3.8, 4) is 11.3 Å². The summed E-state index contributed by atoms with van der Waals surface area (Å²) < 4.78 is 6.42. The first-order valence-corrected chi connectivity index (χ1v) is 9.85. The van der Waals surface area contributed by atoms with Crippen molar-refractivity contribution in [2.75, 3.05) is 7.11 Å². The summed E-state index contributed by atoms with van der Waals surface area (Å²) in [5.41, 5.74) is 6.28. The Morgan fingerprint density at radius 2 is 2.07 bits per heavy atom. The van der Waals surface area contributed by atoms with Crippen molar-refractivity contribution >= 4 is 24.0 Å². The van der Waals surface area contributed by atoms with Crippen molar-refractivity contribution in [2.24, 2.45) is 0 Å². The predicted molar refractivity (Wildman–Crippen MR) is 112 cm³/mol. The monoisotopic (exact) mass is 400 g/mol. The number of fused-ring (bicyclic) bond motifs is 5. The standard InChI is InChI=1S/C23H20N4O3/c1-30-23(29)19-13-27-21(22(28)25-19)17-10-8-15-12-24-16(11-18(15)20(17)26-27)9-7-14-5-3-2-4-6-14/h2-7,9,11-12,19H,8,10,13H2,1H3,(H,25,28)/b9-7+. The number of carbonyl (C=O) groups excluding carboxylic acids is 2. The largest absolute Gasteiger partial charge is 0.467 e. The van der Waals surface area contributed by atoms with Gasteiger partial charge in [0.1, 0.15) is 11.7 Å². The van der Waals surface area contributed by atoms with Crippen molar-refractivity contribution in [1.82, 2.24) is 20.1 Å². The van der Waals surface area contributed by atoms with Gasteiger partial charge in [-0.15, -0.1) is 0 Å². The number of rotatable bonds is 3. The number of methoxy groups -OCH3 is 1. The van der Waals surface area contributed by atoms with Crippen molar-refractivity contribution in [2.45, 2.75) is 25.4 Å². The van der Waals surface area contributed by atoms with Crippen LogP contribution in [0.15, 0.2) is 42.6 Å². The molecule has 2 aromatic heterocycles. The number of esters is 1. The number of benzene rings is 1. The zero-order valence-corrected chi connectivity index (χ0v) is 16.5. The molecule has 0 bridgehead atoms. The lowest BCUT2D eigenvalue weighted by molar-refractivity contribution is -0.143. The lowest BCUT2D eigenvalue weighted by Crippen LogP contribution is -2.49. The van der Waals surface area contributed by atoms with Gasteiger partial charge in [0.2, 0.25) is 0 Å². The minimum Gasteiger partial charge on any atom is -0.467 e. The molecule has 1 aliphatic carbocycles. The van der Waals surface area contributed by atoms with Gasteiger partial charge < -0.3 is 10.1 Å². The van der Waals surface area contributed by atoms with Crippen LogP contribution in [0.1, 0.15) is 32.9 Å². The van der Waals surface area contributed by atoms with Crippen LogP contribution in [0, 0.1) is 0 Å². The zero-order chi connectivity index (χ0) is 20.7. The Morgan fingerprint density at radius 1 is 1.23 bits per heavy atom. The molecule has 7 nitrogen and oxygen atoms in total. The van der Waals surface area contributed by atoms with Crippen LogP contribution in [0.4, 0.5) is 0 Å². The van der Waals surface area contributed by atoms with Crippen molar-refractivity contribution in [3.05, 3.63) is 70.7 Å². The van der Waals surface area contributed by atoms with E-state index in [1.54, 1.807) is 4.68 Å². The van der Waals surface area contributed by atoms with Gasteiger partial charge in [-0.2, -0.15) is 5.10 Å². The summed E-state index contributed by atoms with van der Waals surface area (Å²) in [6, 6.07) is 11.3. The van der Waals surface area contributed by atoms with E-state index in [1.807, 2.05) is 54.7 Å². The molecule has 3 aromatic rings. The van der Waals surface area contributed by atoms with Crippen LogP contribution in [0.25, 0.3) is 23.4 Å². The number of hydrogen-bond acceptors (Lipinski definition) is 5. The molecule has 3 heterocycles. The third kappa shape index (κ3) is 3.08. The second-order valence-electron chi connectivity index (χ2n) is 7.42. The smallest absolute Gasteiger partial charge is 0.330 e. The summed E-state index contributed by atoms with van der Waals surface area (Å²) in [6.45, 7) is 0.266. The molecule has 1 aliphatic heterocycles. The van der Waals surface area contributed by atoms with E-state index in [0.29, 0.717) is 5.69 Å². The average Bonchev–Trinajstić information content (AvgIpc) is 3.17. The Balaban J connectivity index is 1.52. The molecular formula is C23H20N4O3.